The van der Waals surface area contributed by atoms with Crippen LogP contribution in [-0.4, -0.2) is 42.9 Å². The lowest BCUT2D eigenvalue weighted by atomic mass is 10.1. The van der Waals surface area contributed by atoms with Gasteiger partial charge in [-0.2, -0.15) is 0 Å². The van der Waals surface area contributed by atoms with Crippen LogP contribution in [0.1, 0.15) is 12.5 Å². The number of carbonyl (C=O) groups is 2. The second-order valence-corrected chi connectivity index (χ2v) is 4.44. The summed E-state index contributed by atoms with van der Waals surface area (Å²) in [5, 5.41) is 2.65. The van der Waals surface area contributed by atoms with Gasteiger partial charge in [0, 0.05) is 13.6 Å². The topological polar surface area (TPSA) is 75.4 Å². The van der Waals surface area contributed by atoms with Gasteiger partial charge >= 0.3 is 0 Å². The molecule has 5 heteroatoms. The van der Waals surface area contributed by atoms with Gasteiger partial charge < -0.3 is 16.0 Å². The van der Waals surface area contributed by atoms with Gasteiger partial charge in [0.1, 0.15) is 0 Å². The number of nitrogens with one attached hydrogen (secondary N) is 1. The van der Waals surface area contributed by atoms with Crippen molar-refractivity contribution in [3.05, 3.63) is 35.9 Å². The van der Waals surface area contributed by atoms with E-state index < -0.39 is 6.04 Å². The maximum absolute atomic E-state index is 12.0. The quantitative estimate of drug-likeness (QED) is 0.767. The minimum absolute atomic E-state index is 0.0369. The van der Waals surface area contributed by atoms with E-state index >= 15 is 0 Å². The number of hydrogen-bond donors (Lipinski definition) is 2. The van der Waals surface area contributed by atoms with E-state index in [4.69, 9.17) is 5.73 Å². The van der Waals surface area contributed by atoms with Gasteiger partial charge in [-0.25, -0.2) is 0 Å². The first kappa shape index (κ1) is 15.2. The lowest BCUT2D eigenvalue weighted by Gasteiger charge is -2.20. The third-order valence-corrected chi connectivity index (χ3v) is 2.75. The summed E-state index contributed by atoms with van der Waals surface area (Å²) in [6.45, 7) is 2.42. The monoisotopic (exact) mass is 263 g/mol. The average molecular weight is 263 g/mol. The van der Waals surface area contributed by atoms with Crippen molar-refractivity contribution in [1.82, 2.24) is 10.2 Å². The highest BCUT2D eigenvalue weighted by Crippen LogP contribution is 2.03. The van der Waals surface area contributed by atoms with Gasteiger partial charge in [0.05, 0.1) is 12.6 Å². The molecule has 1 aromatic rings. The van der Waals surface area contributed by atoms with Crippen LogP contribution in [0, 0.1) is 0 Å². The molecule has 0 fully saturated rings. The van der Waals surface area contributed by atoms with Crippen molar-refractivity contribution in [2.24, 2.45) is 5.73 Å². The molecule has 2 amide bonds. The lowest BCUT2D eigenvalue weighted by Crippen LogP contribution is -2.46. The van der Waals surface area contributed by atoms with Crippen LogP contribution in [0.3, 0.4) is 0 Å². The molecule has 5 nitrogen and oxygen atoms in total. The molecule has 0 saturated heterocycles. The Kier molecular flexibility index (Phi) is 6.02. The summed E-state index contributed by atoms with van der Waals surface area (Å²) in [4.78, 5) is 24.8. The number of nitrogens with zero attached hydrogens (tertiary/aromatic N) is 1. The maximum atomic E-state index is 12.0. The van der Waals surface area contributed by atoms with Gasteiger partial charge in [-0.15, -0.1) is 0 Å². The van der Waals surface area contributed by atoms with Crippen molar-refractivity contribution in [3.8, 4) is 0 Å². The van der Waals surface area contributed by atoms with Crippen LogP contribution >= 0.6 is 0 Å². The summed E-state index contributed by atoms with van der Waals surface area (Å²) in [5.74, 6) is -0.402. The molecule has 1 atom stereocenters. The Morgan fingerprint density at radius 3 is 2.53 bits per heavy atom. The summed E-state index contributed by atoms with van der Waals surface area (Å²) in [6.07, 6.45) is 0.472. The molecule has 0 aliphatic carbocycles. The standard InChI is InChI=1S/C14H21N3O2/c1-3-16-13(18)10-17(2)14(19)12(15)9-11-7-5-4-6-8-11/h4-8,12H,3,9-10,15H2,1-2H3,(H,16,18). The normalized spacial score (nSPS) is 11.7. The molecule has 3 N–H and O–H groups in total. The van der Waals surface area contributed by atoms with Crippen LogP contribution in [0.15, 0.2) is 30.3 Å². The highest BCUT2D eigenvalue weighted by Gasteiger charge is 2.19. The number of likely N-dealkylation sites (N-methyl/N-ethyl adjacent to an activating group) is 2. The molecule has 19 heavy (non-hydrogen) atoms. The largest absolute Gasteiger partial charge is 0.355 e. The number of hydrogen-bond acceptors (Lipinski definition) is 3. The van der Waals surface area contributed by atoms with E-state index in [-0.39, 0.29) is 18.4 Å². The average Bonchev–Trinajstić information content (AvgIpc) is 2.39. The molecule has 0 aromatic heterocycles. The molecule has 0 saturated carbocycles. The smallest absolute Gasteiger partial charge is 0.240 e. The maximum Gasteiger partial charge on any atom is 0.240 e. The number of benzene rings is 1. The first-order chi connectivity index (χ1) is 9.04. The van der Waals surface area contributed by atoms with E-state index in [9.17, 15) is 9.59 Å². The Morgan fingerprint density at radius 2 is 1.95 bits per heavy atom. The van der Waals surface area contributed by atoms with Crippen LogP contribution < -0.4 is 11.1 Å². The van der Waals surface area contributed by atoms with E-state index in [0.717, 1.165) is 5.56 Å². The minimum atomic E-state index is -0.623. The number of nitrogens with two attached hydrogens (primary N) is 1. The summed E-state index contributed by atoms with van der Waals surface area (Å²) in [5.41, 5.74) is 6.89. The van der Waals surface area contributed by atoms with Crippen LogP contribution in [0.2, 0.25) is 0 Å². The zero-order chi connectivity index (χ0) is 14.3. The summed E-state index contributed by atoms with van der Waals surface area (Å²) >= 11 is 0. The van der Waals surface area contributed by atoms with Crippen molar-refractivity contribution in [2.45, 2.75) is 19.4 Å². The molecule has 0 radical (unpaired) electrons. The van der Waals surface area contributed by atoms with Crippen LogP contribution in [0.25, 0.3) is 0 Å². The zero-order valence-corrected chi connectivity index (χ0v) is 11.4. The highest BCUT2D eigenvalue weighted by molar-refractivity contribution is 5.87. The second kappa shape index (κ2) is 7.53. The highest BCUT2D eigenvalue weighted by atomic mass is 16.2. The third-order valence-electron chi connectivity index (χ3n) is 2.75. The predicted molar refractivity (Wildman–Crippen MR) is 74.4 cm³/mol. The molecular formula is C14H21N3O2. The fourth-order valence-corrected chi connectivity index (χ4v) is 1.78. The number of amides is 2. The Labute approximate surface area is 113 Å². The minimum Gasteiger partial charge on any atom is -0.355 e. The molecule has 0 spiro atoms. The fraction of sp³-hybridized carbons (Fsp3) is 0.429. The molecule has 1 rings (SSSR count). The van der Waals surface area contributed by atoms with Crippen LogP contribution in [-0.2, 0) is 16.0 Å². The Morgan fingerprint density at radius 1 is 1.32 bits per heavy atom. The second-order valence-electron chi connectivity index (χ2n) is 4.44. The predicted octanol–water partition coefficient (Wildman–Crippen LogP) is 0.151. The summed E-state index contributed by atoms with van der Waals surface area (Å²) in [6, 6.07) is 8.96. The molecule has 104 valence electrons. The Balaban J connectivity index is 2.50. The molecule has 0 heterocycles. The van der Waals surface area contributed by atoms with Crippen molar-refractivity contribution < 1.29 is 9.59 Å². The molecule has 1 aromatic carbocycles. The lowest BCUT2D eigenvalue weighted by molar-refractivity contribution is -0.135. The van der Waals surface area contributed by atoms with Gasteiger partial charge in [-0.05, 0) is 18.9 Å². The molecule has 0 aliphatic heterocycles. The zero-order valence-electron chi connectivity index (χ0n) is 11.4. The summed E-state index contributed by atoms with van der Waals surface area (Å²) < 4.78 is 0. The number of carbonyl (C=O) groups excluding carboxylic acids is 2. The fourth-order valence-electron chi connectivity index (χ4n) is 1.78. The molecule has 0 bridgehead atoms. The van der Waals surface area contributed by atoms with E-state index in [1.54, 1.807) is 7.05 Å². The first-order valence-electron chi connectivity index (χ1n) is 6.35. The van der Waals surface area contributed by atoms with E-state index in [1.807, 2.05) is 37.3 Å². The van der Waals surface area contributed by atoms with E-state index in [0.29, 0.717) is 13.0 Å². The van der Waals surface area contributed by atoms with Crippen LogP contribution in [0.5, 0.6) is 0 Å². The van der Waals surface area contributed by atoms with Gasteiger partial charge in [0.25, 0.3) is 0 Å². The van der Waals surface area contributed by atoms with Gasteiger partial charge in [-0.3, -0.25) is 9.59 Å². The van der Waals surface area contributed by atoms with Gasteiger partial charge in [0.15, 0.2) is 0 Å². The first-order valence-corrected chi connectivity index (χ1v) is 6.35. The summed E-state index contributed by atoms with van der Waals surface area (Å²) in [7, 11) is 1.59. The SMILES string of the molecule is CCNC(=O)CN(C)C(=O)C(N)Cc1ccccc1. The molecule has 0 aliphatic rings. The van der Waals surface area contributed by atoms with E-state index in [1.165, 1.54) is 4.90 Å². The molecule has 1 unspecified atom stereocenters. The third kappa shape index (κ3) is 5.09. The van der Waals surface area contributed by atoms with Crippen molar-refractivity contribution >= 4 is 11.8 Å². The van der Waals surface area contributed by atoms with E-state index in [2.05, 4.69) is 5.32 Å². The van der Waals surface area contributed by atoms with Crippen molar-refractivity contribution in [1.29, 1.82) is 0 Å². The number of rotatable bonds is 6. The van der Waals surface area contributed by atoms with Gasteiger partial charge in [-0.1, -0.05) is 30.3 Å². The van der Waals surface area contributed by atoms with Gasteiger partial charge in [0.2, 0.25) is 11.8 Å². The molecular weight excluding hydrogens is 242 g/mol. The van der Waals surface area contributed by atoms with Crippen LogP contribution in [0.4, 0.5) is 0 Å². The van der Waals surface area contributed by atoms with Crippen molar-refractivity contribution in [2.75, 3.05) is 20.1 Å². The Hall–Kier alpha value is -1.88. The van der Waals surface area contributed by atoms with Crippen molar-refractivity contribution in [3.63, 3.8) is 0 Å². The Bertz CT molecular complexity index is 420.